The Morgan fingerprint density at radius 2 is 2.19 bits per heavy atom. The minimum atomic E-state index is -0.550. The first-order valence-corrected chi connectivity index (χ1v) is 5.45. The molecule has 1 aromatic rings. The van der Waals surface area contributed by atoms with Crippen molar-refractivity contribution in [1.82, 2.24) is 0 Å². The van der Waals surface area contributed by atoms with E-state index in [4.69, 9.17) is 21.5 Å². The summed E-state index contributed by atoms with van der Waals surface area (Å²) < 4.78 is 13.6. The van der Waals surface area contributed by atoms with Crippen LogP contribution in [0.3, 0.4) is 0 Å². The van der Waals surface area contributed by atoms with Gasteiger partial charge in [-0.3, -0.25) is 0 Å². The summed E-state index contributed by atoms with van der Waals surface area (Å²) in [7, 11) is 0. The maximum Gasteiger partial charge on any atom is 0.162 e. The fourth-order valence-electron chi connectivity index (χ4n) is 1.82. The van der Waals surface area contributed by atoms with Crippen LogP contribution in [0.1, 0.15) is 11.5 Å². The average molecular weight is 244 g/mol. The van der Waals surface area contributed by atoms with E-state index in [1.54, 1.807) is 18.2 Å². The molecule has 0 amide bonds. The number of rotatable bonds is 3. The Bertz CT molecular complexity index is 411. The van der Waals surface area contributed by atoms with Crippen molar-refractivity contribution >= 4 is 17.3 Å². The highest BCUT2D eigenvalue weighted by Gasteiger charge is 2.35. The molecule has 0 spiro atoms. The minimum absolute atomic E-state index is 0.162. The molecule has 1 aromatic carbocycles. The number of alkyl halides is 1. The largest absolute Gasteiger partial charge is 0.392 e. The first-order valence-electron chi connectivity index (χ1n) is 4.91. The molecule has 5 heteroatoms. The minimum Gasteiger partial charge on any atom is -0.392 e. The lowest BCUT2D eigenvalue weighted by Crippen LogP contribution is -2.26. The van der Waals surface area contributed by atoms with E-state index in [1.165, 1.54) is 6.07 Å². The van der Waals surface area contributed by atoms with Crippen molar-refractivity contribution in [3.8, 4) is 0 Å². The Morgan fingerprint density at radius 1 is 1.44 bits per heavy atom. The number of hydrogen-bond acceptors (Lipinski definition) is 3. The molecule has 0 radical (unpaired) electrons. The van der Waals surface area contributed by atoms with Crippen LogP contribution >= 0.6 is 11.6 Å². The quantitative estimate of drug-likeness (QED) is 0.824. The number of nitrogens with zero attached hydrogens (tertiary/aromatic N) is 1. The predicted octanol–water partition coefficient (Wildman–Crippen LogP) is 1.90. The van der Waals surface area contributed by atoms with Crippen LogP contribution in [0, 0.1) is 5.82 Å². The lowest BCUT2D eigenvalue weighted by molar-refractivity contribution is 0.0303. The van der Waals surface area contributed by atoms with E-state index in [2.05, 4.69) is 5.16 Å². The molecule has 1 N–H and O–H groups in total. The summed E-state index contributed by atoms with van der Waals surface area (Å²) in [5.41, 5.74) is 1.00. The van der Waals surface area contributed by atoms with Gasteiger partial charge < -0.3 is 9.94 Å². The molecule has 0 saturated carbocycles. The summed E-state index contributed by atoms with van der Waals surface area (Å²) in [5, 5.41) is 12.9. The van der Waals surface area contributed by atoms with Crippen LogP contribution in [0.15, 0.2) is 29.4 Å². The second kappa shape index (κ2) is 4.80. The van der Waals surface area contributed by atoms with Crippen LogP contribution in [-0.4, -0.2) is 29.4 Å². The number of aliphatic hydroxyl groups is 1. The molecule has 0 bridgehead atoms. The zero-order chi connectivity index (χ0) is 11.5. The third-order valence-electron chi connectivity index (χ3n) is 2.59. The van der Waals surface area contributed by atoms with Gasteiger partial charge in [-0.25, -0.2) is 4.39 Å². The normalized spacial score (nSPS) is 24.1. The van der Waals surface area contributed by atoms with Gasteiger partial charge in [0.15, 0.2) is 6.10 Å². The van der Waals surface area contributed by atoms with Crippen LogP contribution in [0.25, 0.3) is 0 Å². The van der Waals surface area contributed by atoms with E-state index in [1.807, 2.05) is 0 Å². The molecule has 3 nitrogen and oxygen atoms in total. The summed E-state index contributed by atoms with van der Waals surface area (Å²) in [6.45, 7) is -0.219. The Balaban J connectivity index is 2.37. The highest BCUT2D eigenvalue weighted by molar-refractivity contribution is 6.29. The summed E-state index contributed by atoms with van der Waals surface area (Å²) in [4.78, 5) is 5.01. The van der Waals surface area contributed by atoms with E-state index >= 15 is 0 Å². The molecule has 16 heavy (non-hydrogen) atoms. The number of aliphatic hydroxyl groups excluding tert-OH is 1. The zero-order valence-electron chi connectivity index (χ0n) is 8.44. The lowest BCUT2D eigenvalue weighted by atomic mass is 9.90. The van der Waals surface area contributed by atoms with Crippen molar-refractivity contribution in [1.29, 1.82) is 0 Å². The van der Waals surface area contributed by atoms with Crippen molar-refractivity contribution in [2.24, 2.45) is 5.16 Å². The van der Waals surface area contributed by atoms with Gasteiger partial charge in [-0.05, 0) is 6.07 Å². The van der Waals surface area contributed by atoms with Gasteiger partial charge in [-0.2, -0.15) is 0 Å². The Hall–Kier alpha value is -1.13. The molecule has 2 atom stereocenters. The number of hydrogen-bond donors (Lipinski definition) is 1. The van der Waals surface area contributed by atoms with Crippen LogP contribution in [0.2, 0.25) is 0 Å². The molecule has 1 aliphatic rings. The van der Waals surface area contributed by atoms with Crippen molar-refractivity contribution in [3.63, 3.8) is 0 Å². The average Bonchev–Trinajstić information content (AvgIpc) is 2.72. The van der Waals surface area contributed by atoms with Gasteiger partial charge in [0.2, 0.25) is 0 Å². The van der Waals surface area contributed by atoms with E-state index in [9.17, 15) is 4.39 Å². The topological polar surface area (TPSA) is 41.8 Å². The molecule has 1 aliphatic heterocycles. The van der Waals surface area contributed by atoms with Gasteiger partial charge in [-0.15, -0.1) is 11.6 Å². The molecule has 1 heterocycles. The van der Waals surface area contributed by atoms with Gasteiger partial charge >= 0.3 is 0 Å². The molecule has 0 aromatic heterocycles. The summed E-state index contributed by atoms with van der Waals surface area (Å²) >= 11 is 5.71. The van der Waals surface area contributed by atoms with Gasteiger partial charge in [0.05, 0.1) is 24.1 Å². The van der Waals surface area contributed by atoms with Gasteiger partial charge in [0.25, 0.3) is 0 Å². The van der Waals surface area contributed by atoms with E-state index in [-0.39, 0.29) is 18.3 Å². The van der Waals surface area contributed by atoms with Crippen molar-refractivity contribution in [2.75, 3.05) is 12.5 Å². The van der Waals surface area contributed by atoms with Crippen LogP contribution < -0.4 is 0 Å². The number of benzene rings is 1. The highest BCUT2D eigenvalue weighted by Crippen LogP contribution is 2.31. The third kappa shape index (κ3) is 1.90. The molecule has 0 fully saturated rings. The SMILES string of the molecule is OCC1ON=C(CCl)C1c1ccccc1F. The Labute approximate surface area is 97.5 Å². The van der Waals surface area contributed by atoms with E-state index < -0.39 is 12.0 Å². The Morgan fingerprint density at radius 3 is 2.81 bits per heavy atom. The number of oxime groups is 1. The highest BCUT2D eigenvalue weighted by atomic mass is 35.5. The van der Waals surface area contributed by atoms with Crippen molar-refractivity contribution < 1.29 is 14.3 Å². The molecule has 86 valence electrons. The Kier molecular flexibility index (Phi) is 3.41. The van der Waals surface area contributed by atoms with Gasteiger partial charge in [0.1, 0.15) is 5.82 Å². The fraction of sp³-hybridized carbons (Fsp3) is 0.364. The third-order valence-corrected chi connectivity index (χ3v) is 2.87. The summed E-state index contributed by atoms with van der Waals surface area (Å²) in [6.07, 6.45) is -0.550. The van der Waals surface area contributed by atoms with E-state index in [0.717, 1.165) is 0 Å². The molecule has 0 aliphatic carbocycles. The standard InChI is InChI=1S/C11H11ClFNO2/c12-5-9-11(10(6-15)16-14-9)7-3-1-2-4-8(7)13/h1-4,10-11,15H,5-6H2. The van der Waals surface area contributed by atoms with Crippen LogP contribution in [-0.2, 0) is 4.84 Å². The van der Waals surface area contributed by atoms with Crippen molar-refractivity contribution in [3.05, 3.63) is 35.6 Å². The summed E-state index contributed by atoms with van der Waals surface area (Å²) in [6, 6.07) is 6.37. The van der Waals surface area contributed by atoms with Crippen LogP contribution in [0.5, 0.6) is 0 Å². The zero-order valence-corrected chi connectivity index (χ0v) is 9.19. The molecule has 0 saturated heterocycles. The fourth-order valence-corrected chi connectivity index (χ4v) is 2.04. The molecule has 2 rings (SSSR count). The second-order valence-electron chi connectivity index (χ2n) is 3.54. The lowest BCUT2D eigenvalue weighted by Gasteiger charge is -2.17. The van der Waals surface area contributed by atoms with Crippen molar-refractivity contribution in [2.45, 2.75) is 12.0 Å². The number of halogens is 2. The predicted molar refractivity (Wildman–Crippen MR) is 59.3 cm³/mol. The van der Waals surface area contributed by atoms with Gasteiger partial charge in [0, 0.05) is 5.56 Å². The van der Waals surface area contributed by atoms with Crippen LogP contribution in [0.4, 0.5) is 4.39 Å². The summed E-state index contributed by atoms with van der Waals surface area (Å²) in [5.74, 6) is -0.576. The van der Waals surface area contributed by atoms with E-state index in [0.29, 0.717) is 11.3 Å². The monoisotopic (exact) mass is 243 g/mol. The smallest absolute Gasteiger partial charge is 0.162 e. The molecule has 2 unspecified atom stereocenters. The first-order chi connectivity index (χ1) is 7.77. The first kappa shape index (κ1) is 11.4. The second-order valence-corrected chi connectivity index (χ2v) is 3.81. The van der Waals surface area contributed by atoms with Gasteiger partial charge in [-0.1, -0.05) is 23.4 Å². The maximum atomic E-state index is 13.6. The molecular formula is C11H11ClFNO2. The molecular weight excluding hydrogens is 233 g/mol. The maximum absolute atomic E-state index is 13.6.